The molecular weight excluding hydrogens is 274 g/mol. The molecule has 7 nitrogen and oxygen atoms in total. The summed E-state index contributed by atoms with van der Waals surface area (Å²) in [6.45, 7) is 0.358. The van der Waals surface area contributed by atoms with Crippen molar-refractivity contribution in [1.82, 2.24) is 4.90 Å². The van der Waals surface area contributed by atoms with Crippen LogP contribution in [0.1, 0.15) is 11.1 Å². The van der Waals surface area contributed by atoms with Crippen molar-refractivity contribution in [2.75, 3.05) is 20.5 Å². The number of nitrogens with zero attached hydrogens (tertiary/aromatic N) is 1. The summed E-state index contributed by atoms with van der Waals surface area (Å²) in [6.07, 6.45) is 1.40. The average molecular weight is 291 g/mol. The van der Waals surface area contributed by atoms with Gasteiger partial charge < -0.3 is 19.9 Å². The molecule has 7 heteroatoms. The summed E-state index contributed by atoms with van der Waals surface area (Å²) >= 11 is 0. The molecule has 2 rings (SSSR count). The number of methoxy groups -OCH3 is 1. The van der Waals surface area contributed by atoms with Crippen LogP contribution in [0.5, 0.6) is 0 Å². The van der Waals surface area contributed by atoms with E-state index in [1.807, 2.05) is 0 Å². The zero-order valence-corrected chi connectivity index (χ0v) is 11.7. The van der Waals surface area contributed by atoms with E-state index >= 15 is 0 Å². The number of amidine groups is 1. The predicted octanol–water partition coefficient (Wildman–Crippen LogP) is 0.749. The molecule has 0 spiro atoms. The first-order valence-corrected chi connectivity index (χ1v) is 6.29. The lowest BCUT2D eigenvalue weighted by Crippen LogP contribution is -2.33. The van der Waals surface area contributed by atoms with Crippen LogP contribution in [-0.4, -0.2) is 37.2 Å². The van der Waals surface area contributed by atoms with Gasteiger partial charge in [0.25, 0.3) is 5.91 Å². The Morgan fingerprint density at radius 1 is 1.43 bits per heavy atom. The number of amides is 1. The zero-order chi connectivity index (χ0) is 15.2. The highest BCUT2D eigenvalue weighted by atomic mass is 16.7. The number of ether oxygens (including phenoxy) is 3. The van der Waals surface area contributed by atoms with Gasteiger partial charge in [0.05, 0.1) is 6.54 Å². The lowest BCUT2D eigenvalue weighted by molar-refractivity contribution is -0.136. The van der Waals surface area contributed by atoms with Gasteiger partial charge >= 0.3 is 0 Å². The Bertz CT molecular complexity index is 554. The SMILES string of the molecule is COCC(=O)N(Cc1ccc(C(=N)N)cc1)C1=COCO1. The summed E-state index contributed by atoms with van der Waals surface area (Å²) in [6, 6.07) is 7.08. The van der Waals surface area contributed by atoms with Crippen LogP contribution in [0.2, 0.25) is 0 Å². The first kappa shape index (κ1) is 14.9. The summed E-state index contributed by atoms with van der Waals surface area (Å²) in [5, 5.41) is 7.36. The molecular formula is C14H17N3O4. The Balaban J connectivity index is 2.14. The Hall–Kier alpha value is -2.54. The average Bonchev–Trinajstić information content (AvgIpc) is 2.99. The quantitative estimate of drug-likeness (QED) is 0.595. The van der Waals surface area contributed by atoms with Crippen LogP contribution >= 0.6 is 0 Å². The second kappa shape index (κ2) is 6.76. The van der Waals surface area contributed by atoms with E-state index < -0.39 is 0 Å². The van der Waals surface area contributed by atoms with E-state index in [2.05, 4.69) is 0 Å². The van der Waals surface area contributed by atoms with Crippen molar-refractivity contribution in [3.8, 4) is 0 Å². The molecule has 0 saturated heterocycles. The predicted molar refractivity (Wildman–Crippen MR) is 75.0 cm³/mol. The standard InChI is InChI=1S/C14H17N3O4/c1-19-7-12(18)17(13-8-20-9-21-13)6-10-2-4-11(5-3-10)14(15)16/h2-5,8H,6-7,9H2,1H3,(H3,15,16). The van der Waals surface area contributed by atoms with Crippen molar-refractivity contribution in [2.24, 2.45) is 5.73 Å². The van der Waals surface area contributed by atoms with Crippen molar-refractivity contribution in [3.63, 3.8) is 0 Å². The molecule has 1 aliphatic rings. The topological polar surface area (TPSA) is 97.9 Å². The molecule has 0 fully saturated rings. The molecule has 1 heterocycles. The lowest BCUT2D eigenvalue weighted by Gasteiger charge is -2.21. The van der Waals surface area contributed by atoms with Crippen molar-refractivity contribution in [3.05, 3.63) is 47.5 Å². The fourth-order valence-corrected chi connectivity index (χ4v) is 1.84. The fourth-order valence-electron chi connectivity index (χ4n) is 1.84. The minimum absolute atomic E-state index is 0.00380. The number of hydrogen-bond donors (Lipinski definition) is 2. The van der Waals surface area contributed by atoms with Crippen molar-refractivity contribution < 1.29 is 19.0 Å². The maximum atomic E-state index is 12.1. The fraction of sp³-hybridized carbons (Fsp3) is 0.286. The molecule has 21 heavy (non-hydrogen) atoms. The van der Waals surface area contributed by atoms with Gasteiger partial charge in [-0.3, -0.25) is 15.1 Å². The number of benzene rings is 1. The summed E-state index contributed by atoms with van der Waals surface area (Å²) in [5.41, 5.74) is 6.92. The minimum Gasteiger partial charge on any atom is -0.459 e. The molecule has 0 aromatic heterocycles. The normalized spacial score (nSPS) is 13.1. The lowest BCUT2D eigenvalue weighted by atomic mass is 10.1. The van der Waals surface area contributed by atoms with Crippen LogP contribution in [0.3, 0.4) is 0 Å². The molecule has 0 aliphatic carbocycles. The van der Waals surface area contributed by atoms with E-state index in [-0.39, 0.29) is 25.1 Å². The third-order valence-electron chi connectivity index (χ3n) is 2.90. The molecule has 0 radical (unpaired) electrons. The highest BCUT2D eigenvalue weighted by molar-refractivity contribution is 5.94. The number of carbonyl (C=O) groups excluding carboxylic acids is 1. The van der Waals surface area contributed by atoms with E-state index in [0.717, 1.165) is 5.56 Å². The largest absolute Gasteiger partial charge is 0.459 e. The van der Waals surface area contributed by atoms with Crippen LogP contribution in [0.15, 0.2) is 36.4 Å². The summed E-state index contributed by atoms with van der Waals surface area (Å²) in [4.78, 5) is 13.5. The van der Waals surface area contributed by atoms with Crippen LogP contribution < -0.4 is 5.73 Å². The molecule has 0 unspecified atom stereocenters. The van der Waals surface area contributed by atoms with Gasteiger partial charge in [-0.25, -0.2) is 0 Å². The Morgan fingerprint density at radius 3 is 2.67 bits per heavy atom. The summed E-state index contributed by atoms with van der Waals surface area (Å²) < 4.78 is 15.1. The van der Waals surface area contributed by atoms with Gasteiger partial charge in [-0.05, 0) is 5.56 Å². The van der Waals surface area contributed by atoms with E-state index in [9.17, 15) is 4.79 Å². The van der Waals surface area contributed by atoms with E-state index in [0.29, 0.717) is 18.0 Å². The van der Waals surface area contributed by atoms with Crippen LogP contribution in [0.4, 0.5) is 0 Å². The Morgan fingerprint density at radius 2 is 2.14 bits per heavy atom. The van der Waals surface area contributed by atoms with Crippen molar-refractivity contribution in [1.29, 1.82) is 5.41 Å². The van der Waals surface area contributed by atoms with E-state index in [1.165, 1.54) is 18.3 Å². The number of carbonyl (C=O) groups is 1. The first-order valence-electron chi connectivity index (χ1n) is 6.29. The third-order valence-corrected chi connectivity index (χ3v) is 2.90. The number of nitrogens with one attached hydrogen (secondary N) is 1. The summed E-state index contributed by atoms with van der Waals surface area (Å²) in [5.74, 6) is 0.127. The molecule has 0 bridgehead atoms. The van der Waals surface area contributed by atoms with Crippen molar-refractivity contribution in [2.45, 2.75) is 6.54 Å². The summed E-state index contributed by atoms with van der Waals surface area (Å²) in [7, 11) is 1.46. The molecule has 1 aromatic carbocycles. The monoisotopic (exact) mass is 291 g/mol. The molecule has 1 aliphatic heterocycles. The second-order valence-corrected chi connectivity index (χ2v) is 4.41. The smallest absolute Gasteiger partial charge is 0.255 e. The highest BCUT2D eigenvalue weighted by Gasteiger charge is 2.22. The number of hydrogen-bond acceptors (Lipinski definition) is 5. The van der Waals surface area contributed by atoms with Gasteiger partial charge in [-0.1, -0.05) is 24.3 Å². The van der Waals surface area contributed by atoms with Gasteiger partial charge in [-0.2, -0.15) is 0 Å². The van der Waals surface area contributed by atoms with Gasteiger partial charge in [0.15, 0.2) is 0 Å². The molecule has 112 valence electrons. The van der Waals surface area contributed by atoms with Crippen LogP contribution in [0, 0.1) is 5.41 Å². The second-order valence-electron chi connectivity index (χ2n) is 4.41. The van der Waals surface area contributed by atoms with Crippen molar-refractivity contribution >= 4 is 11.7 Å². The van der Waals surface area contributed by atoms with Gasteiger partial charge in [0, 0.05) is 12.7 Å². The zero-order valence-electron chi connectivity index (χ0n) is 11.7. The number of nitrogen functional groups attached to an aromatic ring is 1. The maximum absolute atomic E-state index is 12.1. The first-order chi connectivity index (χ1) is 10.1. The molecule has 3 N–H and O–H groups in total. The minimum atomic E-state index is -0.232. The van der Waals surface area contributed by atoms with Gasteiger partial charge in [-0.15, -0.1) is 0 Å². The highest BCUT2D eigenvalue weighted by Crippen LogP contribution is 2.17. The molecule has 0 atom stereocenters. The third kappa shape index (κ3) is 3.73. The number of nitrogens with two attached hydrogens (primary N) is 1. The van der Waals surface area contributed by atoms with Gasteiger partial charge in [0.1, 0.15) is 18.7 Å². The Labute approximate surface area is 122 Å². The Kier molecular flexibility index (Phi) is 4.78. The van der Waals surface area contributed by atoms with E-state index in [4.69, 9.17) is 25.4 Å². The van der Waals surface area contributed by atoms with Gasteiger partial charge in [0.2, 0.25) is 12.7 Å². The van der Waals surface area contributed by atoms with E-state index in [1.54, 1.807) is 24.3 Å². The molecule has 1 amide bonds. The maximum Gasteiger partial charge on any atom is 0.255 e. The molecule has 0 saturated carbocycles. The molecule has 1 aromatic rings. The van der Waals surface area contributed by atoms with Crippen LogP contribution in [-0.2, 0) is 25.5 Å². The number of rotatable bonds is 6. The van der Waals surface area contributed by atoms with Crippen LogP contribution in [0.25, 0.3) is 0 Å².